The summed E-state index contributed by atoms with van der Waals surface area (Å²) < 4.78 is 10.7. The Balaban J connectivity index is 1.89. The molecule has 1 aliphatic heterocycles. The maximum atomic E-state index is 12.5. The fourth-order valence-corrected chi connectivity index (χ4v) is 2.94. The molecule has 1 atom stereocenters. The fraction of sp³-hybridized carbons (Fsp3) is 0.250. The zero-order chi connectivity index (χ0) is 19.4. The van der Waals surface area contributed by atoms with Gasteiger partial charge < -0.3 is 9.47 Å². The van der Waals surface area contributed by atoms with Gasteiger partial charge in [-0.25, -0.2) is 4.99 Å². The van der Waals surface area contributed by atoms with E-state index in [0.717, 1.165) is 5.56 Å². The monoisotopic (exact) mass is 367 g/mol. The number of rotatable bonds is 4. The molecule has 1 aliphatic rings. The Bertz CT molecular complexity index is 908. The van der Waals surface area contributed by atoms with Crippen LogP contribution in [0.1, 0.15) is 33.9 Å². The standard InChI is InChI=1S/C20H21N3O4/c1-12-6-4-5-7-14(12)19(25)23-20-21-16(11-18(24)22-20)15-10-13(26-2)8-9-17(15)27-3/h4-10,16H,11H2,1-3H3,(H2,21,22,23,24,25)/t16-/m1/s1. The molecule has 0 unspecified atom stereocenters. The van der Waals surface area contributed by atoms with E-state index in [1.807, 2.05) is 19.1 Å². The molecular formula is C20H21N3O4. The quantitative estimate of drug-likeness (QED) is 0.868. The highest BCUT2D eigenvalue weighted by molar-refractivity contribution is 6.11. The van der Waals surface area contributed by atoms with Crippen LogP contribution in [0.2, 0.25) is 0 Å². The molecule has 140 valence electrons. The number of hydrogen-bond donors (Lipinski definition) is 2. The Morgan fingerprint density at radius 1 is 1.19 bits per heavy atom. The van der Waals surface area contributed by atoms with Gasteiger partial charge in [-0.05, 0) is 36.8 Å². The lowest BCUT2D eigenvalue weighted by Crippen LogP contribution is -2.47. The second kappa shape index (κ2) is 7.90. The normalized spacial score (nSPS) is 16.2. The summed E-state index contributed by atoms with van der Waals surface area (Å²) in [6, 6.07) is 12.0. The predicted molar refractivity (Wildman–Crippen MR) is 101 cm³/mol. The highest BCUT2D eigenvalue weighted by atomic mass is 16.5. The van der Waals surface area contributed by atoms with Gasteiger partial charge in [0, 0.05) is 11.1 Å². The van der Waals surface area contributed by atoms with Gasteiger partial charge in [-0.1, -0.05) is 18.2 Å². The molecule has 0 saturated heterocycles. The van der Waals surface area contributed by atoms with Crippen molar-refractivity contribution in [2.24, 2.45) is 4.99 Å². The number of ether oxygens (including phenoxy) is 2. The number of hydrogen-bond acceptors (Lipinski definition) is 5. The molecule has 2 aromatic rings. The molecule has 2 amide bonds. The first kappa shape index (κ1) is 18.4. The van der Waals surface area contributed by atoms with Crippen molar-refractivity contribution in [1.29, 1.82) is 0 Å². The van der Waals surface area contributed by atoms with Crippen LogP contribution in [0.4, 0.5) is 0 Å². The van der Waals surface area contributed by atoms with E-state index >= 15 is 0 Å². The molecule has 0 spiro atoms. The minimum Gasteiger partial charge on any atom is -0.497 e. The van der Waals surface area contributed by atoms with Crippen LogP contribution in [0.25, 0.3) is 0 Å². The van der Waals surface area contributed by atoms with Crippen molar-refractivity contribution < 1.29 is 19.1 Å². The molecule has 0 aromatic heterocycles. The summed E-state index contributed by atoms with van der Waals surface area (Å²) in [5.74, 6) is 0.793. The second-order valence-corrected chi connectivity index (χ2v) is 6.12. The van der Waals surface area contributed by atoms with Crippen LogP contribution >= 0.6 is 0 Å². The first-order chi connectivity index (χ1) is 13.0. The van der Waals surface area contributed by atoms with Crippen LogP contribution in [-0.2, 0) is 4.79 Å². The van der Waals surface area contributed by atoms with E-state index in [-0.39, 0.29) is 24.2 Å². The number of methoxy groups -OCH3 is 2. The van der Waals surface area contributed by atoms with Crippen molar-refractivity contribution in [1.82, 2.24) is 10.6 Å². The van der Waals surface area contributed by atoms with Gasteiger partial charge >= 0.3 is 0 Å². The predicted octanol–water partition coefficient (Wildman–Crippen LogP) is 2.36. The fourth-order valence-electron chi connectivity index (χ4n) is 2.94. The van der Waals surface area contributed by atoms with Crippen LogP contribution in [0.15, 0.2) is 47.5 Å². The third-order valence-corrected chi connectivity index (χ3v) is 4.34. The van der Waals surface area contributed by atoms with Gasteiger partial charge in [0.25, 0.3) is 5.91 Å². The number of amides is 2. The molecule has 0 bridgehead atoms. The zero-order valence-electron chi connectivity index (χ0n) is 15.4. The van der Waals surface area contributed by atoms with E-state index in [1.54, 1.807) is 44.6 Å². The van der Waals surface area contributed by atoms with Gasteiger partial charge in [-0.15, -0.1) is 0 Å². The lowest BCUT2D eigenvalue weighted by molar-refractivity contribution is -0.120. The summed E-state index contributed by atoms with van der Waals surface area (Å²) in [5.41, 5.74) is 2.08. The molecule has 7 nitrogen and oxygen atoms in total. The summed E-state index contributed by atoms with van der Waals surface area (Å²) in [4.78, 5) is 29.2. The van der Waals surface area contributed by atoms with Crippen molar-refractivity contribution in [2.45, 2.75) is 19.4 Å². The average Bonchev–Trinajstić information content (AvgIpc) is 2.67. The molecule has 3 rings (SSSR count). The highest BCUT2D eigenvalue weighted by Gasteiger charge is 2.26. The summed E-state index contributed by atoms with van der Waals surface area (Å²) >= 11 is 0. The molecule has 2 N–H and O–H groups in total. The maximum absolute atomic E-state index is 12.5. The topological polar surface area (TPSA) is 89.0 Å². The van der Waals surface area contributed by atoms with Crippen LogP contribution in [0.3, 0.4) is 0 Å². The number of carbonyl (C=O) groups is 2. The first-order valence-electron chi connectivity index (χ1n) is 8.48. The van der Waals surface area contributed by atoms with Gasteiger partial charge in [0.15, 0.2) is 0 Å². The molecule has 1 heterocycles. The van der Waals surface area contributed by atoms with E-state index in [0.29, 0.717) is 22.6 Å². The van der Waals surface area contributed by atoms with E-state index < -0.39 is 6.04 Å². The summed E-state index contributed by atoms with van der Waals surface area (Å²) in [6.45, 7) is 1.85. The number of aliphatic imine (C=N–C) groups is 1. The van der Waals surface area contributed by atoms with Crippen molar-refractivity contribution >= 4 is 17.8 Å². The average molecular weight is 367 g/mol. The number of nitrogens with zero attached hydrogens (tertiary/aromatic N) is 1. The van der Waals surface area contributed by atoms with E-state index in [9.17, 15) is 9.59 Å². The van der Waals surface area contributed by atoms with Gasteiger partial charge in [-0.2, -0.15) is 0 Å². The van der Waals surface area contributed by atoms with Crippen LogP contribution in [0.5, 0.6) is 11.5 Å². The number of nitrogens with one attached hydrogen (secondary N) is 2. The number of guanidine groups is 1. The van der Waals surface area contributed by atoms with E-state index in [2.05, 4.69) is 15.6 Å². The molecule has 0 saturated carbocycles. The Kier molecular flexibility index (Phi) is 5.40. The van der Waals surface area contributed by atoms with Crippen molar-refractivity contribution in [3.63, 3.8) is 0 Å². The zero-order valence-corrected chi connectivity index (χ0v) is 15.4. The lowest BCUT2D eigenvalue weighted by atomic mass is 10.0. The smallest absolute Gasteiger partial charge is 0.258 e. The van der Waals surface area contributed by atoms with Crippen LogP contribution in [0, 0.1) is 6.92 Å². The minimum absolute atomic E-state index is 0.120. The molecule has 7 heteroatoms. The highest BCUT2D eigenvalue weighted by Crippen LogP contribution is 2.34. The van der Waals surface area contributed by atoms with Gasteiger partial charge in [0.2, 0.25) is 11.9 Å². The van der Waals surface area contributed by atoms with E-state index in [1.165, 1.54) is 0 Å². The second-order valence-electron chi connectivity index (χ2n) is 6.12. The minimum atomic E-state index is -0.490. The SMILES string of the molecule is COc1ccc(OC)c([C@H]2CC(=O)NC(NC(=O)c3ccccc3C)=N2)c1. The van der Waals surface area contributed by atoms with Crippen molar-refractivity contribution in [3.8, 4) is 11.5 Å². The molecular weight excluding hydrogens is 346 g/mol. The third-order valence-electron chi connectivity index (χ3n) is 4.34. The van der Waals surface area contributed by atoms with Gasteiger partial charge in [0.05, 0.1) is 26.7 Å². The Morgan fingerprint density at radius 2 is 1.96 bits per heavy atom. The summed E-state index contributed by atoms with van der Waals surface area (Å²) in [5, 5.41) is 5.29. The Labute approximate surface area is 157 Å². The lowest BCUT2D eigenvalue weighted by Gasteiger charge is -2.23. The molecule has 27 heavy (non-hydrogen) atoms. The largest absolute Gasteiger partial charge is 0.497 e. The Morgan fingerprint density at radius 3 is 2.67 bits per heavy atom. The molecule has 0 fully saturated rings. The van der Waals surface area contributed by atoms with Crippen LogP contribution < -0.4 is 20.1 Å². The first-order valence-corrected chi connectivity index (χ1v) is 8.48. The Hall–Kier alpha value is -3.35. The maximum Gasteiger partial charge on any atom is 0.258 e. The number of benzene rings is 2. The number of aryl methyl sites for hydroxylation is 1. The number of carbonyl (C=O) groups excluding carboxylic acids is 2. The van der Waals surface area contributed by atoms with E-state index in [4.69, 9.17) is 9.47 Å². The van der Waals surface area contributed by atoms with Gasteiger partial charge in [-0.3, -0.25) is 20.2 Å². The summed E-state index contributed by atoms with van der Waals surface area (Å²) in [6.07, 6.45) is 0.146. The summed E-state index contributed by atoms with van der Waals surface area (Å²) in [7, 11) is 3.12. The van der Waals surface area contributed by atoms with Gasteiger partial charge in [0.1, 0.15) is 11.5 Å². The van der Waals surface area contributed by atoms with Crippen molar-refractivity contribution in [2.75, 3.05) is 14.2 Å². The van der Waals surface area contributed by atoms with Crippen LogP contribution in [-0.4, -0.2) is 32.0 Å². The third kappa shape index (κ3) is 4.08. The molecule has 0 radical (unpaired) electrons. The van der Waals surface area contributed by atoms with Crippen molar-refractivity contribution in [3.05, 3.63) is 59.2 Å². The molecule has 0 aliphatic carbocycles. The molecule has 2 aromatic carbocycles.